The first kappa shape index (κ1) is 45.7. The van der Waals surface area contributed by atoms with Crippen LogP contribution >= 0.6 is 0 Å². The van der Waals surface area contributed by atoms with Crippen molar-refractivity contribution in [2.45, 2.75) is 97.3 Å². The molecule has 10 rings (SSSR count). The van der Waals surface area contributed by atoms with Crippen LogP contribution in [0.2, 0.25) is 0 Å². The van der Waals surface area contributed by atoms with Crippen molar-refractivity contribution in [3.63, 3.8) is 0 Å². The summed E-state index contributed by atoms with van der Waals surface area (Å²) in [6.45, 7) is 12.1. The number of amides is 2. The number of ether oxygens (including phenoxy) is 2. The van der Waals surface area contributed by atoms with Gasteiger partial charge in [0.25, 0.3) is 5.56 Å². The normalized spacial score (nSPS) is 20.3. The predicted octanol–water partition coefficient (Wildman–Crippen LogP) is 5.87. The molecular formula is C51H56N8O10. The van der Waals surface area contributed by atoms with Crippen molar-refractivity contribution in [2.24, 2.45) is 5.92 Å². The fourth-order valence-electron chi connectivity index (χ4n) is 10.7. The lowest BCUT2D eigenvalue weighted by Gasteiger charge is -2.41. The van der Waals surface area contributed by atoms with Crippen LogP contribution in [-0.4, -0.2) is 117 Å². The molecule has 2 amide bonds. The standard InChI is InChI=1S/C51H56N8O10/c1-6-33-35-20-32(12-13-40(35)52-44-37(33)25-58-41(44)22-39-38(47(58)63)26-68-48(64)51(39,67)7-2)69-50(66)57-19-18-56(24-28(57)5)46(62)29-14-16-55(17-15-29)30-8-10-31(11-9-30)59-45(53-54-49(59)65)36-21-34(27(3)4)42(60)23-43(36)61/h8-13,20-23,27-29,48,60-61,64,67H,6-7,14-19,24-26H2,1-5H3,(H,54,65). The number of phenolic OH excluding ortho intramolecular Hbond substituents is 2. The number of aromatic hydroxyl groups is 3. The predicted molar refractivity (Wildman–Crippen MR) is 254 cm³/mol. The Kier molecular flexibility index (Phi) is 11.6. The molecule has 3 aromatic carbocycles. The number of piperidine rings is 1. The highest BCUT2D eigenvalue weighted by Crippen LogP contribution is 2.43. The SMILES string of the molecule is CCc1c2c(nc3ccc(OC(=O)N4CCN(C(=O)C5CCN(c6ccc(-n7c(O)nnc7-c7cc(C(C)C)c(O)cc7O)cc6)CC5)CC4C)cc13)-c1cc3c(c(=O)n1C2)COC(O)C3(O)CC. The zero-order valence-electron chi connectivity index (χ0n) is 39.2. The van der Waals surface area contributed by atoms with Crippen LogP contribution < -0.4 is 15.2 Å². The third kappa shape index (κ3) is 7.70. The van der Waals surface area contributed by atoms with Crippen molar-refractivity contribution in [3.8, 4) is 51.7 Å². The molecule has 18 heteroatoms. The van der Waals surface area contributed by atoms with E-state index in [0.717, 1.165) is 22.2 Å². The fraction of sp³-hybridized carbons (Fsp3) is 0.412. The molecule has 3 aromatic heterocycles. The molecule has 4 aliphatic heterocycles. The van der Waals surface area contributed by atoms with Gasteiger partial charge in [0.1, 0.15) is 22.8 Å². The number of aromatic nitrogens is 5. The van der Waals surface area contributed by atoms with Gasteiger partial charge in [-0.25, -0.2) is 14.3 Å². The average Bonchev–Trinajstić information content (AvgIpc) is 3.91. The topological polar surface area (TPSA) is 229 Å². The van der Waals surface area contributed by atoms with Crippen LogP contribution in [0.15, 0.2) is 65.5 Å². The van der Waals surface area contributed by atoms with E-state index in [4.69, 9.17) is 14.5 Å². The molecule has 0 saturated carbocycles. The van der Waals surface area contributed by atoms with Gasteiger partial charge in [0.2, 0.25) is 5.91 Å². The smallest absolute Gasteiger partial charge is 0.415 e. The summed E-state index contributed by atoms with van der Waals surface area (Å²) in [5, 5.41) is 62.5. The second kappa shape index (κ2) is 17.5. The van der Waals surface area contributed by atoms with Gasteiger partial charge in [0, 0.05) is 78.5 Å². The first-order chi connectivity index (χ1) is 33.1. The monoisotopic (exact) mass is 940 g/mol. The van der Waals surface area contributed by atoms with E-state index in [0.29, 0.717) is 103 Å². The number of aryl methyl sites for hydroxylation is 1. The minimum atomic E-state index is -1.73. The number of nitrogens with zero attached hydrogens (tertiary/aromatic N) is 8. The van der Waals surface area contributed by atoms with E-state index in [1.54, 1.807) is 40.7 Å². The summed E-state index contributed by atoms with van der Waals surface area (Å²) >= 11 is 0. The maximum absolute atomic E-state index is 13.9. The van der Waals surface area contributed by atoms with Crippen molar-refractivity contribution in [3.05, 3.63) is 98.8 Å². The maximum atomic E-state index is 13.9. The maximum Gasteiger partial charge on any atom is 0.415 e. The van der Waals surface area contributed by atoms with E-state index in [9.17, 15) is 39.9 Å². The summed E-state index contributed by atoms with van der Waals surface area (Å²) in [5.41, 5.74) is 4.86. The zero-order valence-corrected chi connectivity index (χ0v) is 39.2. The highest BCUT2D eigenvalue weighted by atomic mass is 16.6. The summed E-state index contributed by atoms with van der Waals surface area (Å²) in [5.74, 6) is 0.266. The molecule has 4 aliphatic rings. The van der Waals surface area contributed by atoms with Gasteiger partial charge in [-0.2, -0.15) is 0 Å². The Labute approximate surface area is 397 Å². The Bertz CT molecular complexity index is 3090. The minimum Gasteiger partial charge on any atom is -0.508 e. The van der Waals surface area contributed by atoms with Gasteiger partial charge in [-0.1, -0.05) is 32.8 Å². The third-order valence-corrected chi connectivity index (χ3v) is 14.6. The number of aliphatic hydroxyl groups is 2. The molecule has 2 saturated heterocycles. The van der Waals surface area contributed by atoms with Crippen LogP contribution in [0.4, 0.5) is 10.5 Å². The van der Waals surface area contributed by atoms with Crippen molar-refractivity contribution < 1.29 is 44.6 Å². The van der Waals surface area contributed by atoms with Crippen LogP contribution in [0, 0.1) is 5.92 Å². The molecule has 0 aliphatic carbocycles. The summed E-state index contributed by atoms with van der Waals surface area (Å²) < 4.78 is 14.5. The van der Waals surface area contributed by atoms with Crippen LogP contribution in [0.1, 0.15) is 87.6 Å². The Hall–Kier alpha value is -7.02. The number of rotatable bonds is 8. The van der Waals surface area contributed by atoms with Crippen LogP contribution in [0.3, 0.4) is 0 Å². The van der Waals surface area contributed by atoms with Crippen molar-refractivity contribution in [1.82, 2.24) is 34.1 Å². The number of carbonyl (C=O) groups excluding carboxylic acids is 2. The fourth-order valence-corrected chi connectivity index (χ4v) is 10.7. The minimum absolute atomic E-state index is 0.0230. The van der Waals surface area contributed by atoms with Gasteiger partial charge in [-0.3, -0.25) is 9.59 Å². The number of carbonyl (C=O) groups is 2. The number of hydrogen-bond acceptors (Lipinski definition) is 14. The summed E-state index contributed by atoms with van der Waals surface area (Å²) in [4.78, 5) is 52.1. The number of aliphatic hydroxyl groups excluding tert-OH is 1. The summed E-state index contributed by atoms with van der Waals surface area (Å²) in [6.07, 6.45) is 0.133. The Balaban J connectivity index is 0.766. The Morgan fingerprint density at radius 1 is 0.913 bits per heavy atom. The second-order valence-electron chi connectivity index (χ2n) is 18.9. The number of phenols is 2. The van der Waals surface area contributed by atoms with Gasteiger partial charge < -0.3 is 54.3 Å². The average molecular weight is 941 g/mol. The lowest BCUT2D eigenvalue weighted by Crippen LogP contribution is -2.57. The molecule has 5 N–H and O–H groups in total. The van der Waals surface area contributed by atoms with Crippen molar-refractivity contribution >= 4 is 28.6 Å². The number of pyridine rings is 2. The van der Waals surface area contributed by atoms with Gasteiger partial charge in [0.05, 0.1) is 41.3 Å². The van der Waals surface area contributed by atoms with Crippen LogP contribution in [0.5, 0.6) is 23.3 Å². The van der Waals surface area contributed by atoms with E-state index in [1.165, 1.54) is 10.6 Å². The summed E-state index contributed by atoms with van der Waals surface area (Å²) in [7, 11) is 0. The van der Waals surface area contributed by atoms with E-state index in [2.05, 4.69) is 15.1 Å². The number of benzene rings is 3. The Morgan fingerprint density at radius 2 is 1.65 bits per heavy atom. The largest absolute Gasteiger partial charge is 0.508 e. The molecule has 3 unspecified atom stereocenters. The lowest BCUT2D eigenvalue weighted by molar-refractivity contribution is -0.236. The molecule has 0 radical (unpaired) electrons. The van der Waals surface area contributed by atoms with E-state index >= 15 is 0 Å². The van der Waals surface area contributed by atoms with Crippen LogP contribution in [0.25, 0.3) is 39.4 Å². The van der Waals surface area contributed by atoms with Gasteiger partial charge in [-0.05, 0) is 104 Å². The number of fused-ring (bicyclic) bond motifs is 5. The molecule has 69 heavy (non-hydrogen) atoms. The first-order valence-electron chi connectivity index (χ1n) is 23.7. The zero-order chi connectivity index (χ0) is 48.6. The molecule has 0 bridgehead atoms. The molecule has 0 spiro atoms. The quantitative estimate of drug-likeness (QED) is 0.120. The number of hydrogen-bond donors (Lipinski definition) is 5. The van der Waals surface area contributed by atoms with Gasteiger partial charge >= 0.3 is 12.1 Å². The molecule has 18 nitrogen and oxygen atoms in total. The highest BCUT2D eigenvalue weighted by Gasteiger charge is 2.45. The number of anilines is 1. The second-order valence-corrected chi connectivity index (χ2v) is 18.9. The van der Waals surface area contributed by atoms with E-state index < -0.39 is 18.0 Å². The molecule has 360 valence electrons. The van der Waals surface area contributed by atoms with E-state index in [-0.39, 0.29) is 72.3 Å². The van der Waals surface area contributed by atoms with Crippen molar-refractivity contribution in [2.75, 3.05) is 37.6 Å². The first-order valence-corrected chi connectivity index (χ1v) is 23.7. The molecule has 2 fully saturated rings. The van der Waals surface area contributed by atoms with E-state index in [1.807, 2.05) is 62.9 Å². The highest BCUT2D eigenvalue weighted by molar-refractivity contribution is 5.90. The lowest BCUT2D eigenvalue weighted by atomic mass is 9.85. The van der Waals surface area contributed by atoms with Gasteiger partial charge in [0.15, 0.2) is 12.1 Å². The Morgan fingerprint density at radius 3 is 2.35 bits per heavy atom. The molecule has 7 heterocycles. The summed E-state index contributed by atoms with van der Waals surface area (Å²) in [6, 6.07) is 16.9. The third-order valence-electron chi connectivity index (χ3n) is 14.6. The van der Waals surface area contributed by atoms with Crippen molar-refractivity contribution in [1.29, 1.82) is 0 Å². The molecule has 3 atom stereocenters. The van der Waals surface area contributed by atoms with Crippen LogP contribution in [-0.2, 0) is 34.7 Å². The molecular weight excluding hydrogens is 885 g/mol. The number of piperazine rings is 1. The van der Waals surface area contributed by atoms with Gasteiger partial charge in [-0.15, -0.1) is 5.10 Å². The molecule has 6 aromatic rings.